The minimum Gasteiger partial charge on any atom is -0.354 e. The molecule has 1 N–H and O–H groups in total. The third-order valence-electron chi connectivity index (χ3n) is 6.28. The molecule has 1 nitrogen and oxygen atoms in total. The number of aryl methyl sites for hydroxylation is 2. The summed E-state index contributed by atoms with van der Waals surface area (Å²) in [5, 5.41) is 3.63. The van der Waals surface area contributed by atoms with E-state index in [1.165, 1.54) is 65.7 Å². The van der Waals surface area contributed by atoms with Gasteiger partial charge in [0.1, 0.15) is 0 Å². The van der Waals surface area contributed by atoms with Crippen molar-refractivity contribution in [2.24, 2.45) is 0 Å². The standard InChI is InChI=1S/C28H25NS/c1-17-7-5-9-23(19(17)3)21-11-13-25-27(15-21)30-28-16-22(12-14-26(28)29-25)24-10-6-8-18(2)20(24)4/h5-16,29H,1-4H3. The molecule has 5 rings (SSSR count). The van der Waals surface area contributed by atoms with E-state index in [0.717, 1.165) is 0 Å². The molecule has 0 spiro atoms. The van der Waals surface area contributed by atoms with Crippen LogP contribution >= 0.6 is 11.8 Å². The van der Waals surface area contributed by atoms with Crippen molar-refractivity contribution in [3.63, 3.8) is 0 Å². The quantitative estimate of drug-likeness (QED) is 0.315. The number of anilines is 2. The zero-order valence-electron chi connectivity index (χ0n) is 17.8. The molecule has 0 atom stereocenters. The molecule has 0 fully saturated rings. The lowest BCUT2D eigenvalue weighted by molar-refractivity contribution is 1.29. The zero-order chi connectivity index (χ0) is 20.8. The smallest absolute Gasteiger partial charge is 0.0526 e. The van der Waals surface area contributed by atoms with Gasteiger partial charge in [0.05, 0.1) is 11.4 Å². The Kier molecular flexibility index (Phi) is 4.67. The predicted molar refractivity (Wildman–Crippen MR) is 130 cm³/mol. The summed E-state index contributed by atoms with van der Waals surface area (Å²) in [6.07, 6.45) is 0. The first-order valence-corrected chi connectivity index (χ1v) is 11.2. The van der Waals surface area contributed by atoms with Crippen molar-refractivity contribution >= 4 is 23.1 Å². The van der Waals surface area contributed by atoms with Crippen molar-refractivity contribution in [1.82, 2.24) is 0 Å². The van der Waals surface area contributed by atoms with Crippen molar-refractivity contribution in [3.8, 4) is 22.3 Å². The number of benzene rings is 4. The lowest BCUT2D eigenvalue weighted by atomic mass is 9.96. The second kappa shape index (κ2) is 7.37. The van der Waals surface area contributed by atoms with Crippen LogP contribution in [0.15, 0.2) is 82.6 Å². The highest BCUT2D eigenvalue weighted by Gasteiger charge is 2.18. The van der Waals surface area contributed by atoms with Gasteiger partial charge in [-0.15, -0.1) is 0 Å². The summed E-state index contributed by atoms with van der Waals surface area (Å²) in [5.74, 6) is 0. The molecular formula is C28H25NS. The second-order valence-corrected chi connectivity index (χ2v) is 9.23. The minimum atomic E-state index is 1.18. The number of fused-ring (bicyclic) bond motifs is 2. The largest absolute Gasteiger partial charge is 0.354 e. The van der Waals surface area contributed by atoms with Gasteiger partial charge in [0.25, 0.3) is 0 Å². The Bertz CT molecular complexity index is 1190. The van der Waals surface area contributed by atoms with E-state index in [1.54, 1.807) is 0 Å². The fraction of sp³-hybridized carbons (Fsp3) is 0.143. The van der Waals surface area contributed by atoms with Crippen LogP contribution in [-0.4, -0.2) is 0 Å². The highest BCUT2D eigenvalue weighted by Crippen LogP contribution is 2.47. The van der Waals surface area contributed by atoms with Crippen LogP contribution in [0.2, 0.25) is 0 Å². The second-order valence-electron chi connectivity index (χ2n) is 8.14. The minimum absolute atomic E-state index is 1.18. The number of hydrogen-bond acceptors (Lipinski definition) is 2. The van der Waals surface area contributed by atoms with Crippen LogP contribution in [0.25, 0.3) is 22.3 Å². The first kappa shape index (κ1) is 19.0. The van der Waals surface area contributed by atoms with E-state index >= 15 is 0 Å². The topological polar surface area (TPSA) is 12.0 Å². The van der Waals surface area contributed by atoms with Crippen LogP contribution in [0.1, 0.15) is 22.3 Å². The average Bonchev–Trinajstić information content (AvgIpc) is 2.75. The van der Waals surface area contributed by atoms with Gasteiger partial charge in [-0.3, -0.25) is 0 Å². The van der Waals surface area contributed by atoms with E-state index < -0.39 is 0 Å². The molecule has 1 aliphatic rings. The molecule has 0 saturated carbocycles. The molecular weight excluding hydrogens is 382 g/mol. The third-order valence-corrected chi connectivity index (χ3v) is 7.40. The summed E-state index contributed by atoms with van der Waals surface area (Å²) < 4.78 is 0. The third kappa shape index (κ3) is 3.22. The van der Waals surface area contributed by atoms with Gasteiger partial charge in [0.15, 0.2) is 0 Å². The molecule has 2 heteroatoms. The molecule has 1 heterocycles. The fourth-order valence-electron chi connectivity index (χ4n) is 4.15. The molecule has 4 aromatic rings. The fourth-order valence-corrected chi connectivity index (χ4v) is 5.21. The lowest BCUT2D eigenvalue weighted by Gasteiger charge is -2.23. The van der Waals surface area contributed by atoms with Gasteiger partial charge in [0, 0.05) is 9.79 Å². The van der Waals surface area contributed by atoms with E-state index in [1.807, 2.05) is 11.8 Å². The number of hydrogen-bond donors (Lipinski definition) is 1. The first-order chi connectivity index (χ1) is 14.5. The zero-order valence-corrected chi connectivity index (χ0v) is 18.7. The van der Waals surface area contributed by atoms with E-state index in [2.05, 4.69) is 106 Å². The summed E-state index contributed by atoms with van der Waals surface area (Å²) in [7, 11) is 0. The summed E-state index contributed by atoms with van der Waals surface area (Å²) in [4.78, 5) is 2.55. The van der Waals surface area contributed by atoms with Gasteiger partial charge in [-0.2, -0.15) is 0 Å². The van der Waals surface area contributed by atoms with E-state index in [-0.39, 0.29) is 0 Å². The molecule has 0 saturated heterocycles. The summed E-state index contributed by atoms with van der Waals surface area (Å²) in [6.45, 7) is 8.78. The maximum atomic E-state index is 3.63. The highest BCUT2D eigenvalue weighted by molar-refractivity contribution is 7.99. The van der Waals surface area contributed by atoms with Crippen molar-refractivity contribution in [2.45, 2.75) is 37.5 Å². The highest BCUT2D eigenvalue weighted by atomic mass is 32.2. The Hall–Kier alpha value is -2.97. The van der Waals surface area contributed by atoms with Crippen molar-refractivity contribution in [2.75, 3.05) is 5.32 Å². The van der Waals surface area contributed by atoms with Crippen LogP contribution < -0.4 is 5.32 Å². The Balaban J connectivity index is 1.54. The van der Waals surface area contributed by atoms with E-state index in [9.17, 15) is 0 Å². The normalized spacial score (nSPS) is 12.1. The lowest BCUT2D eigenvalue weighted by Crippen LogP contribution is -2.00. The molecule has 0 aliphatic carbocycles. The van der Waals surface area contributed by atoms with Gasteiger partial charge in [-0.1, -0.05) is 60.3 Å². The van der Waals surface area contributed by atoms with Crippen LogP contribution in [0.3, 0.4) is 0 Å². The Morgan fingerprint density at radius 2 is 1.03 bits per heavy atom. The molecule has 1 aliphatic heterocycles. The molecule has 4 aromatic carbocycles. The maximum absolute atomic E-state index is 3.63. The van der Waals surface area contributed by atoms with Gasteiger partial charge >= 0.3 is 0 Å². The molecule has 148 valence electrons. The average molecular weight is 408 g/mol. The Labute approximate surface area is 183 Å². The Morgan fingerprint density at radius 3 is 1.50 bits per heavy atom. The first-order valence-electron chi connectivity index (χ1n) is 10.4. The molecule has 30 heavy (non-hydrogen) atoms. The summed E-state index contributed by atoms with van der Waals surface area (Å²) in [5.41, 5.74) is 12.9. The van der Waals surface area contributed by atoms with Crippen LogP contribution in [0.5, 0.6) is 0 Å². The van der Waals surface area contributed by atoms with Gasteiger partial charge < -0.3 is 5.32 Å². The van der Waals surface area contributed by atoms with Crippen LogP contribution in [0, 0.1) is 27.7 Å². The molecule has 0 bridgehead atoms. The van der Waals surface area contributed by atoms with E-state index in [0.29, 0.717) is 0 Å². The summed E-state index contributed by atoms with van der Waals surface area (Å²) >= 11 is 1.86. The van der Waals surface area contributed by atoms with Gasteiger partial charge in [-0.25, -0.2) is 0 Å². The molecule has 0 aromatic heterocycles. The van der Waals surface area contributed by atoms with Crippen LogP contribution in [-0.2, 0) is 0 Å². The molecule has 0 amide bonds. The number of rotatable bonds is 2. The van der Waals surface area contributed by atoms with Crippen molar-refractivity contribution in [3.05, 3.63) is 95.1 Å². The number of nitrogens with one attached hydrogen (secondary N) is 1. The predicted octanol–water partition coefficient (Wildman–Crippen LogP) is 8.46. The van der Waals surface area contributed by atoms with Crippen molar-refractivity contribution in [1.29, 1.82) is 0 Å². The van der Waals surface area contributed by atoms with E-state index in [4.69, 9.17) is 0 Å². The Morgan fingerprint density at radius 1 is 0.567 bits per heavy atom. The molecule has 0 unspecified atom stereocenters. The van der Waals surface area contributed by atoms with Gasteiger partial charge in [0.2, 0.25) is 0 Å². The SMILES string of the molecule is Cc1cccc(-c2ccc3c(c2)Sc2cc(-c4cccc(C)c4C)ccc2N3)c1C. The monoisotopic (exact) mass is 407 g/mol. The maximum Gasteiger partial charge on any atom is 0.0526 e. The van der Waals surface area contributed by atoms with Crippen molar-refractivity contribution < 1.29 is 0 Å². The molecule has 0 radical (unpaired) electrons. The summed E-state index contributed by atoms with van der Waals surface area (Å²) in [6, 6.07) is 26.6. The van der Waals surface area contributed by atoms with Crippen LogP contribution in [0.4, 0.5) is 11.4 Å². The van der Waals surface area contributed by atoms with Gasteiger partial charge in [-0.05, 0) is 96.5 Å².